The van der Waals surface area contributed by atoms with Crippen LogP contribution in [0.4, 0.5) is 0 Å². The molecule has 2 N–H and O–H groups in total. The molecule has 2 amide bonds. The summed E-state index contributed by atoms with van der Waals surface area (Å²) in [4.78, 5) is 27.1. The van der Waals surface area contributed by atoms with Gasteiger partial charge < -0.3 is 38.6 Å². The zero-order valence-corrected chi connectivity index (χ0v) is 32.6. The van der Waals surface area contributed by atoms with Crippen molar-refractivity contribution in [3.05, 3.63) is 109 Å². The Balaban J connectivity index is 1.14. The molecule has 0 fully saturated rings. The molecule has 0 aliphatic carbocycles. The monoisotopic (exact) mass is 758 g/mol. The van der Waals surface area contributed by atoms with Crippen LogP contribution in [0, 0.1) is 0 Å². The molecule has 0 aliphatic heterocycles. The van der Waals surface area contributed by atoms with E-state index in [9.17, 15) is 9.59 Å². The highest BCUT2D eigenvalue weighted by atomic mass is 16.5. The summed E-state index contributed by atoms with van der Waals surface area (Å²) >= 11 is 0. The van der Waals surface area contributed by atoms with Gasteiger partial charge in [0.2, 0.25) is 11.8 Å². The van der Waals surface area contributed by atoms with Crippen LogP contribution in [0.5, 0.6) is 23.0 Å². The smallest absolute Gasteiger partial charge is 0.228 e. The minimum atomic E-state index is -0.690. The van der Waals surface area contributed by atoms with Gasteiger partial charge in [-0.05, 0) is 111 Å². The first-order valence-electron chi connectivity index (χ1n) is 18.2. The fourth-order valence-corrected chi connectivity index (χ4v) is 6.80. The number of methoxy groups -OCH3 is 4. The van der Waals surface area contributed by atoms with E-state index in [4.69, 9.17) is 28.0 Å². The van der Waals surface area contributed by atoms with Crippen molar-refractivity contribution in [3.8, 4) is 67.8 Å². The van der Waals surface area contributed by atoms with E-state index in [0.717, 1.165) is 22.3 Å². The Morgan fingerprint density at radius 1 is 0.571 bits per heavy atom. The summed E-state index contributed by atoms with van der Waals surface area (Å²) in [7, 11) is 6.44. The van der Waals surface area contributed by atoms with Gasteiger partial charge in [0.25, 0.3) is 0 Å². The van der Waals surface area contributed by atoms with E-state index in [1.807, 2.05) is 118 Å². The molecule has 0 saturated heterocycles. The highest BCUT2D eigenvalue weighted by molar-refractivity contribution is 5.88. The minimum Gasteiger partial charge on any atom is -0.497 e. The lowest BCUT2D eigenvalue weighted by molar-refractivity contribution is -0.122. The van der Waals surface area contributed by atoms with Crippen LogP contribution in [0.25, 0.3) is 44.8 Å². The summed E-state index contributed by atoms with van der Waals surface area (Å²) in [6.45, 7) is 5.74. The van der Waals surface area contributed by atoms with Crippen molar-refractivity contribution < 1.29 is 37.6 Å². The predicted molar refractivity (Wildman–Crippen MR) is 213 cm³/mol. The molecular weight excluding hydrogens is 713 g/mol. The maximum Gasteiger partial charge on any atom is 0.228 e. The molecule has 12 heteroatoms. The molecule has 6 aromatic rings. The molecular formula is C44H46N4O8. The number of rotatable bonds is 16. The summed E-state index contributed by atoms with van der Waals surface area (Å²) < 4.78 is 33.0. The molecule has 4 aromatic carbocycles. The number of carbonyl (C=O) groups is 2. The van der Waals surface area contributed by atoms with Crippen molar-refractivity contribution in [1.82, 2.24) is 20.9 Å². The molecule has 56 heavy (non-hydrogen) atoms. The van der Waals surface area contributed by atoms with Crippen LogP contribution in [0.3, 0.4) is 0 Å². The Labute approximate surface area is 326 Å². The molecule has 1 unspecified atom stereocenters. The Morgan fingerprint density at radius 3 is 1.27 bits per heavy atom. The number of hydrogen-bond donors (Lipinski definition) is 2. The van der Waals surface area contributed by atoms with Crippen molar-refractivity contribution in [2.24, 2.45) is 0 Å². The first-order chi connectivity index (χ1) is 27.0. The van der Waals surface area contributed by atoms with Crippen LogP contribution < -0.4 is 29.6 Å². The van der Waals surface area contributed by atoms with Crippen LogP contribution in [-0.2, 0) is 22.4 Å². The Bertz CT molecular complexity index is 2240. The van der Waals surface area contributed by atoms with E-state index in [1.54, 1.807) is 28.4 Å². The maximum atomic E-state index is 13.6. The van der Waals surface area contributed by atoms with E-state index < -0.39 is 5.54 Å². The maximum absolute atomic E-state index is 13.6. The zero-order valence-electron chi connectivity index (χ0n) is 32.6. The number of carbonyl (C=O) groups excluding carboxylic acids is 2. The Hall–Kier alpha value is -6.56. The standard InChI is InChI=1S/C44H46N4O8/c1-27(45-38(49)24-36-40(28-8-16-32(51-4)17-9-28)42(47-55-36)30-12-20-34(53-6)21-13-30)26-44(2,3)46-39(50)25-37-41(29-10-18-33(52-5)19-11-29)43(48-56-37)31-14-22-35(54-7)23-15-31/h8-23,27H,24-26H2,1-7H3,(H,45,49)(H,46,50). The molecule has 0 radical (unpaired) electrons. The van der Waals surface area contributed by atoms with E-state index >= 15 is 0 Å². The Kier molecular flexibility index (Phi) is 12.1. The van der Waals surface area contributed by atoms with Gasteiger partial charge >= 0.3 is 0 Å². The van der Waals surface area contributed by atoms with E-state index in [1.165, 1.54) is 0 Å². The summed E-state index contributed by atoms with van der Waals surface area (Å²) in [5.41, 5.74) is 5.24. The first-order valence-corrected chi connectivity index (χ1v) is 18.2. The normalized spacial score (nSPS) is 11.8. The van der Waals surface area contributed by atoms with Gasteiger partial charge in [-0.25, -0.2) is 0 Å². The van der Waals surface area contributed by atoms with Gasteiger partial charge in [0.1, 0.15) is 34.4 Å². The molecule has 290 valence electrons. The lowest BCUT2D eigenvalue weighted by Gasteiger charge is -2.29. The third-order valence-corrected chi connectivity index (χ3v) is 9.35. The molecule has 12 nitrogen and oxygen atoms in total. The second-order valence-electron chi connectivity index (χ2n) is 14.0. The van der Waals surface area contributed by atoms with Crippen LogP contribution in [0.15, 0.2) is 106 Å². The summed E-state index contributed by atoms with van der Waals surface area (Å²) in [6.07, 6.45) is 0.352. The van der Waals surface area contributed by atoms with Crippen molar-refractivity contribution >= 4 is 11.8 Å². The topological polar surface area (TPSA) is 147 Å². The molecule has 0 saturated carbocycles. The molecule has 2 aromatic heterocycles. The minimum absolute atomic E-state index is 0.0438. The fourth-order valence-electron chi connectivity index (χ4n) is 6.80. The number of ether oxygens (including phenoxy) is 4. The van der Waals surface area contributed by atoms with Crippen molar-refractivity contribution in [2.75, 3.05) is 28.4 Å². The molecule has 0 bridgehead atoms. The molecule has 0 aliphatic rings. The number of nitrogens with zero attached hydrogens (tertiary/aromatic N) is 2. The van der Waals surface area contributed by atoms with Crippen LogP contribution in [-0.4, -0.2) is 62.1 Å². The van der Waals surface area contributed by atoms with Crippen molar-refractivity contribution in [2.45, 2.75) is 51.6 Å². The molecule has 1 atom stereocenters. The van der Waals surface area contributed by atoms with E-state index in [-0.39, 0.29) is 30.7 Å². The van der Waals surface area contributed by atoms with Gasteiger partial charge in [-0.15, -0.1) is 0 Å². The van der Waals surface area contributed by atoms with E-state index in [2.05, 4.69) is 20.9 Å². The van der Waals surface area contributed by atoms with Gasteiger partial charge in [0.05, 0.1) is 52.4 Å². The van der Waals surface area contributed by atoms with Gasteiger partial charge in [0, 0.05) is 22.7 Å². The van der Waals surface area contributed by atoms with Crippen LogP contribution in [0.1, 0.15) is 38.7 Å². The van der Waals surface area contributed by atoms with Gasteiger partial charge in [-0.2, -0.15) is 0 Å². The number of aromatic nitrogens is 2. The third-order valence-electron chi connectivity index (χ3n) is 9.35. The lowest BCUT2D eigenvalue weighted by atomic mass is 9.94. The zero-order chi connectivity index (χ0) is 39.8. The number of benzene rings is 4. The molecule has 2 heterocycles. The molecule has 6 rings (SSSR count). The van der Waals surface area contributed by atoms with Crippen LogP contribution in [0.2, 0.25) is 0 Å². The quantitative estimate of drug-likeness (QED) is 0.0997. The Morgan fingerprint density at radius 2 is 0.911 bits per heavy atom. The number of hydrogen-bond acceptors (Lipinski definition) is 10. The van der Waals surface area contributed by atoms with Crippen molar-refractivity contribution in [3.63, 3.8) is 0 Å². The fraction of sp³-hybridized carbons (Fsp3) is 0.273. The van der Waals surface area contributed by atoms with E-state index in [0.29, 0.717) is 63.5 Å². The third kappa shape index (κ3) is 9.20. The summed E-state index contributed by atoms with van der Waals surface area (Å²) in [5.74, 6) is 3.18. The highest BCUT2D eigenvalue weighted by Gasteiger charge is 2.28. The van der Waals surface area contributed by atoms with Gasteiger partial charge in [0.15, 0.2) is 11.5 Å². The second kappa shape index (κ2) is 17.3. The summed E-state index contributed by atoms with van der Waals surface area (Å²) in [5, 5.41) is 15.0. The highest BCUT2D eigenvalue weighted by Crippen LogP contribution is 2.38. The SMILES string of the molecule is COc1ccc(-c2noc(CC(=O)NC(C)CC(C)(C)NC(=O)Cc3onc(-c4ccc(OC)cc4)c3-c3ccc(OC)cc3)c2-c2ccc(OC)cc2)cc1. The van der Waals surface area contributed by atoms with Crippen LogP contribution >= 0.6 is 0 Å². The van der Waals surface area contributed by atoms with Gasteiger partial charge in [-0.3, -0.25) is 9.59 Å². The predicted octanol–water partition coefficient (Wildman–Crippen LogP) is 7.94. The average molecular weight is 759 g/mol. The first kappa shape index (κ1) is 39.1. The number of amides is 2. The lowest BCUT2D eigenvalue weighted by Crippen LogP contribution is -2.49. The summed E-state index contributed by atoms with van der Waals surface area (Å²) in [6, 6.07) is 29.7. The van der Waals surface area contributed by atoms with Crippen molar-refractivity contribution in [1.29, 1.82) is 0 Å². The molecule has 0 spiro atoms. The largest absolute Gasteiger partial charge is 0.497 e. The second-order valence-corrected chi connectivity index (χ2v) is 14.0. The average Bonchev–Trinajstić information content (AvgIpc) is 3.81. The van der Waals surface area contributed by atoms with Gasteiger partial charge in [-0.1, -0.05) is 34.6 Å². The number of nitrogens with one attached hydrogen (secondary N) is 2.